The Hall–Kier alpha value is -1.55. The molecule has 1 saturated carbocycles. The van der Waals surface area contributed by atoms with Crippen molar-refractivity contribution in [3.05, 3.63) is 35.9 Å². The Kier molecular flexibility index (Phi) is 4.44. The van der Waals surface area contributed by atoms with E-state index in [1.807, 2.05) is 6.07 Å². The molecule has 0 radical (unpaired) electrons. The van der Waals surface area contributed by atoms with Gasteiger partial charge in [0.05, 0.1) is 0 Å². The van der Waals surface area contributed by atoms with E-state index in [0.717, 1.165) is 12.5 Å². The van der Waals surface area contributed by atoms with E-state index in [1.165, 1.54) is 37.7 Å². The van der Waals surface area contributed by atoms with Crippen LogP contribution in [0.5, 0.6) is 0 Å². The average Bonchev–Trinajstić information content (AvgIpc) is 3.02. The molecular formula is C17H25N3O. The SMILES string of the molecule is NC(CC(c1ccccc1)N1CCCC2CCCC21)=NO. The molecule has 4 nitrogen and oxygen atoms in total. The molecule has 1 aromatic carbocycles. The molecule has 2 aliphatic rings. The molecule has 4 heteroatoms. The summed E-state index contributed by atoms with van der Waals surface area (Å²) in [4.78, 5) is 2.62. The molecule has 1 heterocycles. The van der Waals surface area contributed by atoms with Gasteiger partial charge in [-0.3, -0.25) is 4.90 Å². The number of benzene rings is 1. The molecule has 0 spiro atoms. The van der Waals surface area contributed by atoms with E-state index in [1.54, 1.807) is 0 Å². The van der Waals surface area contributed by atoms with Gasteiger partial charge in [0, 0.05) is 18.5 Å². The van der Waals surface area contributed by atoms with Crippen LogP contribution in [0.25, 0.3) is 0 Å². The standard InChI is InChI=1S/C17H25N3O/c18-17(19-21)12-16(14-6-2-1-3-7-14)20-11-5-9-13-8-4-10-15(13)20/h1-3,6-7,13,15-16,21H,4-5,8-12H2,(H2,18,19). The second-order valence-corrected chi connectivity index (χ2v) is 6.36. The van der Waals surface area contributed by atoms with Gasteiger partial charge in [0.15, 0.2) is 0 Å². The number of nitrogens with zero attached hydrogens (tertiary/aromatic N) is 2. The average molecular weight is 287 g/mol. The smallest absolute Gasteiger partial charge is 0.141 e. The molecule has 1 saturated heterocycles. The van der Waals surface area contributed by atoms with Gasteiger partial charge < -0.3 is 10.9 Å². The topological polar surface area (TPSA) is 61.8 Å². The van der Waals surface area contributed by atoms with Gasteiger partial charge in [-0.25, -0.2) is 0 Å². The maximum atomic E-state index is 8.96. The highest BCUT2D eigenvalue weighted by atomic mass is 16.4. The fourth-order valence-corrected chi connectivity index (χ4v) is 4.22. The van der Waals surface area contributed by atoms with Crippen molar-refractivity contribution in [1.82, 2.24) is 4.90 Å². The van der Waals surface area contributed by atoms with E-state index in [-0.39, 0.29) is 6.04 Å². The number of hydrogen-bond acceptors (Lipinski definition) is 3. The minimum atomic E-state index is 0.230. The zero-order valence-corrected chi connectivity index (χ0v) is 12.5. The van der Waals surface area contributed by atoms with Crippen LogP contribution in [0, 0.1) is 5.92 Å². The van der Waals surface area contributed by atoms with E-state index in [4.69, 9.17) is 10.9 Å². The third-order valence-electron chi connectivity index (χ3n) is 5.15. The lowest BCUT2D eigenvalue weighted by Crippen LogP contribution is -2.45. The summed E-state index contributed by atoms with van der Waals surface area (Å²) >= 11 is 0. The molecule has 3 N–H and O–H groups in total. The number of nitrogens with two attached hydrogens (primary N) is 1. The molecular weight excluding hydrogens is 262 g/mol. The molecule has 0 amide bonds. The normalized spacial score (nSPS) is 28.3. The maximum absolute atomic E-state index is 8.96. The molecule has 3 rings (SSSR count). The van der Waals surface area contributed by atoms with E-state index in [9.17, 15) is 0 Å². The third-order valence-corrected chi connectivity index (χ3v) is 5.15. The van der Waals surface area contributed by atoms with Crippen molar-refractivity contribution < 1.29 is 5.21 Å². The van der Waals surface area contributed by atoms with Crippen LogP contribution in [0.2, 0.25) is 0 Å². The fraction of sp³-hybridized carbons (Fsp3) is 0.588. The summed E-state index contributed by atoms with van der Waals surface area (Å²) in [5, 5.41) is 12.2. The van der Waals surface area contributed by atoms with Crippen molar-refractivity contribution >= 4 is 5.84 Å². The van der Waals surface area contributed by atoms with Gasteiger partial charge in [0.2, 0.25) is 0 Å². The molecule has 0 aromatic heterocycles. The van der Waals surface area contributed by atoms with Crippen LogP contribution in [0.4, 0.5) is 0 Å². The van der Waals surface area contributed by atoms with Crippen molar-refractivity contribution in [1.29, 1.82) is 0 Å². The van der Waals surface area contributed by atoms with Crippen molar-refractivity contribution in [2.24, 2.45) is 16.8 Å². The Morgan fingerprint density at radius 2 is 2.00 bits per heavy atom. The van der Waals surface area contributed by atoms with Gasteiger partial charge in [-0.2, -0.15) is 0 Å². The number of rotatable bonds is 4. The van der Waals surface area contributed by atoms with Crippen molar-refractivity contribution in [2.45, 2.75) is 50.6 Å². The molecule has 1 aromatic rings. The molecule has 2 fully saturated rings. The number of hydrogen-bond donors (Lipinski definition) is 2. The summed E-state index contributed by atoms with van der Waals surface area (Å²) in [6.07, 6.45) is 7.24. The Bertz CT molecular complexity index is 488. The van der Waals surface area contributed by atoms with Crippen molar-refractivity contribution in [3.63, 3.8) is 0 Å². The largest absolute Gasteiger partial charge is 0.409 e. The molecule has 21 heavy (non-hydrogen) atoms. The van der Waals surface area contributed by atoms with Crippen molar-refractivity contribution in [3.8, 4) is 0 Å². The van der Waals surface area contributed by atoms with Crippen LogP contribution in [0.15, 0.2) is 35.5 Å². The minimum Gasteiger partial charge on any atom is -0.409 e. The number of oxime groups is 1. The Balaban J connectivity index is 1.87. The first-order valence-electron chi connectivity index (χ1n) is 8.06. The molecule has 3 unspecified atom stereocenters. The summed E-state index contributed by atoms with van der Waals surface area (Å²) in [6, 6.07) is 11.4. The summed E-state index contributed by atoms with van der Waals surface area (Å²) in [7, 11) is 0. The molecule has 1 aliphatic carbocycles. The lowest BCUT2D eigenvalue weighted by Gasteiger charge is -2.43. The quantitative estimate of drug-likeness (QED) is 0.387. The zero-order valence-electron chi connectivity index (χ0n) is 12.5. The second-order valence-electron chi connectivity index (χ2n) is 6.36. The van der Waals surface area contributed by atoms with Crippen LogP contribution in [-0.4, -0.2) is 28.5 Å². The predicted molar refractivity (Wildman–Crippen MR) is 84.3 cm³/mol. The number of piperidine rings is 1. The van der Waals surface area contributed by atoms with Gasteiger partial charge in [-0.1, -0.05) is 41.9 Å². The molecule has 114 valence electrons. The molecule has 3 atom stereocenters. The van der Waals surface area contributed by atoms with Crippen LogP contribution < -0.4 is 5.73 Å². The Morgan fingerprint density at radius 3 is 2.76 bits per heavy atom. The van der Waals surface area contributed by atoms with Crippen LogP contribution in [0.3, 0.4) is 0 Å². The van der Waals surface area contributed by atoms with E-state index in [0.29, 0.717) is 18.3 Å². The minimum absolute atomic E-state index is 0.230. The highest BCUT2D eigenvalue weighted by molar-refractivity contribution is 5.80. The third kappa shape index (κ3) is 3.05. The molecule has 1 aliphatic heterocycles. The fourth-order valence-electron chi connectivity index (χ4n) is 4.22. The summed E-state index contributed by atoms with van der Waals surface area (Å²) in [5.74, 6) is 1.17. The first-order valence-corrected chi connectivity index (χ1v) is 8.06. The Labute approximate surface area is 126 Å². The van der Waals surface area contributed by atoms with E-state index in [2.05, 4.69) is 34.3 Å². The van der Waals surface area contributed by atoms with Gasteiger partial charge in [-0.15, -0.1) is 0 Å². The van der Waals surface area contributed by atoms with Gasteiger partial charge in [0.1, 0.15) is 5.84 Å². The number of amidine groups is 1. The van der Waals surface area contributed by atoms with Crippen molar-refractivity contribution in [2.75, 3.05) is 6.54 Å². The first kappa shape index (κ1) is 14.4. The molecule has 0 bridgehead atoms. The summed E-state index contributed by atoms with van der Waals surface area (Å²) in [6.45, 7) is 1.12. The first-order chi connectivity index (χ1) is 10.3. The highest BCUT2D eigenvalue weighted by Crippen LogP contribution is 2.41. The van der Waals surface area contributed by atoms with E-state index >= 15 is 0 Å². The number of fused-ring (bicyclic) bond motifs is 1. The van der Waals surface area contributed by atoms with E-state index < -0.39 is 0 Å². The lowest BCUT2D eigenvalue weighted by atomic mass is 9.88. The maximum Gasteiger partial charge on any atom is 0.141 e. The highest BCUT2D eigenvalue weighted by Gasteiger charge is 2.38. The van der Waals surface area contributed by atoms with Crippen LogP contribution in [0.1, 0.15) is 50.1 Å². The Morgan fingerprint density at radius 1 is 1.24 bits per heavy atom. The van der Waals surface area contributed by atoms with Crippen LogP contribution in [-0.2, 0) is 0 Å². The summed E-state index contributed by atoms with van der Waals surface area (Å²) < 4.78 is 0. The number of likely N-dealkylation sites (tertiary alicyclic amines) is 1. The monoisotopic (exact) mass is 287 g/mol. The van der Waals surface area contributed by atoms with Gasteiger partial charge >= 0.3 is 0 Å². The van der Waals surface area contributed by atoms with Gasteiger partial charge in [-0.05, 0) is 43.7 Å². The van der Waals surface area contributed by atoms with Gasteiger partial charge in [0.25, 0.3) is 0 Å². The second kappa shape index (κ2) is 6.48. The summed E-state index contributed by atoms with van der Waals surface area (Å²) in [5.41, 5.74) is 7.10. The predicted octanol–water partition coefficient (Wildman–Crippen LogP) is 3.13. The van der Waals surface area contributed by atoms with Crippen LogP contribution >= 0.6 is 0 Å². The zero-order chi connectivity index (χ0) is 14.7. The lowest BCUT2D eigenvalue weighted by molar-refractivity contribution is 0.0691.